The molecule has 2 amide bonds. The maximum absolute atomic E-state index is 11.8. The molecule has 0 aromatic carbocycles. The first kappa shape index (κ1) is 18.7. The van der Waals surface area contributed by atoms with E-state index in [0.717, 1.165) is 12.8 Å². The zero-order chi connectivity index (χ0) is 15.8. The van der Waals surface area contributed by atoms with Crippen molar-refractivity contribution in [3.05, 3.63) is 0 Å². The van der Waals surface area contributed by atoms with Gasteiger partial charge in [-0.1, -0.05) is 34.6 Å². The number of carboxylic acids is 1. The molecule has 0 bridgehead atoms. The van der Waals surface area contributed by atoms with Crippen LogP contribution < -0.4 is 10.6 Å². The zero-order valence-electron chi connectivity index (χ0n) is 13.5. The third-order valence-electron chi connectivity index (χ3n) is 3.66. The summed E-state index contributed by atoms with van der Waals surface area (Å²) in [5.41, 5.74) is -0.0755. The summed E-state index contributed by atoms with van der Waals surface area (Å²) in [4.78, 5) is 22.3. The van der Waals surface area contributed by atoms with E-state index in [4.69, 9.17) is 5.11 Å². The summed E-state index contributed by atoms with van der Waals surface area (Å²) >= 11 is 0. The number of nitrogens with one attached hydrogen (secondary N) is 2. The van der Waals surface area contributed by atoms with Crippen molar-refractivity contribution in [3.63, 3.8) is 0 Å². The Balaban J connectivity index is 3.98. The molecule has 0 fully saturated rings. The van der Waals surface area contributed by atoms with Gasteiger partial charge in [0.1, 0.15) is 0 Å². The molecule has 0 spiro atoms. The Labute approximate surface area is 122 Å². The van der Waals surface area contributed by atoms with Gasteiger partial charge in [-0.3, -0.25) is 4.79 Å². The normalized spacial score (nSPS) is 13.1. The number of urea groups is 1. The van der Waals surface area contributed by atoms with Crippen LogP contribution in [0.25, 0.3) is 0 Å². The maximum atomic E-state index is 11.8. The third-order valence-corrected chi connectivity index (χ3v) is 3.66. The summed E-state index contributed by atoms with van der Waals surface area (Å²) < 4.78 is 0. The largest absolute Gasteiger partial charge is 0.481 e. The molecule has 1 unspecified atom stereocenters. The summed E-state index contributed by atoms with van der Waals surface area (Å²) in [7, 11) is 0. The van der Waals surface area contributed by atoms with Crippen LogP contribution in [0.3, 0.4) is 0 Å². The fourth-order valence-corrected chi connectivity index (χ4v) is 2.04. The van der Waals surface area contributed by atoms with Gasteiger partial charge in [-0.2, -0.15) is 0 Å². The minimum absolute atomic E-state index is 0.0755. The number of aliphatic carboxylic acids is 1. The lowest BCUT2D eigenvalue weighted by molar-refractivity contribution is -0.137. The minimum atomic E-state index is -0.772. The van der Waals surface area contributed by atoms with E-state index in [2.05, 4.69) is 31.4 Å². The summed E-state index contributed by atoms with van der Waals surface area (Å²) in [5.74, 6) is -0.357. The highest BCUT2D eigenvalue weighted by Gasteiger charge is 2.19. The van der Waals surface area contributed by atoms with Crippen LogP contribution in [-0.2, 0) is 4.79 Å². The van der Waals surface area contributed by atoms with Gasteiger partial charge in [0.05, 0.1) is 0 Å². The lowest BCUT2D eigenvalue weighted by Gasteiger charge is -2.25. The second-order valence-corrected chi connectivity index (χ2v) is 6.47. The highest BCUT2D eigenvalue weighted by Crippen LogP contribution is 2.25. The van der Waals surface area contributed by atoms with Gasteiger partial charge in [-0.05, 0) is 30.6 Å². The smallest absolute Gasteiger partial charge is 0.315 e. The van der Waals surface area contributed by atoms with Crippen LogP contribution in [0.2, 0.25) is 0 Å². The van der Waals surface area contributed by atoms with Crippen LogP contribution in [-0.4, -0.2) is 29.7 Å². The molecular weight excluding hydrogens is 256 g/mol. The maximum Gasteiger partial charge on any atom is 0.315 e. The second kappa shape index (κ2) is 8.82. The van der Waals surface area contributed by atoms with Gasteiger partial charge in [-0.25, -0.2) is 4.79 Å². The Morgan fingerprint density at radius 2 is 1.80 bits per heavy atom. The Bertz CT molecular complexity index is 314. The molecule has 0 heterocycles. The predicted molar refractivity (Wildman–Crippen MR) is 80.7 cm³/mol. The van der Waals surface area contributed by atoms with Gasteiger partial charge in [0.25, 0.3) is 0 Å². The van der Waals surface area contributed by atoms with Gasteiger partial charge < -0.3 is 15.7 Å². The Hall–Kier alpha value is -1.26. The van der Waals surface area contributed by atoms with Crippen molar-refractivity contribution in [1.29, 1.82) is 0 Å². The van der Waals surface area contributed by atoms with Crippen LogP contribution in [0.1, 0.15) is 60.3 Å². The number of carbonyl (C=O) groups is 2. The number of rotatable bonds is 9. The van der Waals surface area contributed by atoms with E-state index in [0.29, 0.717) is 18.9 Å². The van der Waals surface area contributed by atoms with Crippen molar-refractivity contribution >= 4 is 12.0 Å². The fraction of sp³-hybridized carbons (Fsp3) is 0.867. The molecule has 0 aromatic rings. The number of hydrogen-bond donors (Lipinski definition) is 3. The van der Waals surface area contributed by atoms with Gasteiger partial charge in [0.15, 0.2) is 0 Å². The van der Waals surface area contributed by atoms with Crippen LogP contribution >= 0.6 is 0 Å². The number of carbonyl (C=O) groups excluding carboxylic acids is 1. The van der Waals surface area contributed by atoms with Crippen molar-refractivity contribution in [1.82, 2.24) is 10.6 Å². The molecule has 0 aliphatic carbocycles. The van der Waals surface area contributed by atoms with Crippen molar-refractivity contribution in [2.24, 2.45) is 11.3 Å². The lowest BCUT2D eigenvalue weighted by Crippen LogP contribution is -2.44. The molecular formula is C15H30N2O3. The van der Waals surface area contributed by atoms with Crippen molar-refractivity contribution in [2.45, 2.75) is 66.3 Å². The molecule has 0 aliphatic heterocycles. The Kier molecular flexibility index (Phi) is 8.26. The minimum Gasteiger partial charge on any atom is -0.481 e. The Morgan fingerprint density at radius 1 is 1.20 bits per heavy atom. The monoisotopic (exact) mass is 286 g/mol. The van der Waals surface area contributed by atoms with Crippen LogP contribution in [0.4, 0.5) is 4.79 Å². The van der Waals surface area contributed by atoms with E-state index in [9.17, 15) is 9.59 Å². The van der Waals surface area contributed by atoms with E-state index in [1.807, 2.05) is 13.8 Å². The number of carboxylic acid groups (broad SMARTS) is 1. The zero-order valence-corrected chi connectivity index (χ0v) is 13.5. The highest BCUT2D eigenvalue weighted by atomic mass is 16.4. The average Bonchev–Trinajstić information content (AvgIpc) is 2.33. The Morgan fingerprint density at radius 3 is 2.25 bits per heavy atom. The standard InChI is InChI=1S/C15H30N2O3/c1-6-12(11(2)3)17-14(20)16-10-9-15(4,5)8-7-13(18)19/h11-12H,6-10H2,1-5H3,(H,18,19)(H2,16,17,20). The van der Waals surface area contributed by atoms with E-state index >= 15 is 0 Å². The van der Waals surface area contributed by atoms with Gasteiger partial charge >= 0.3 is 12.0 Å². The summed E-state index contributed by atoms with van der Waals surface area (Å²) in [5, 5.41) is 14.5. The molecule has 0 saturated carbocycles. The van der Waals surface area contributed by atoms with Crippen LogP contribution in [0.5, 0.6) is 0 Å². The summed E-state index contributed by atoms with van der Waals surface area (Å²) in [6.45, 7) is 10.8. The van der Waals surface area contributed by atoms with Crippen LogP contribution in [0.15, 0.2) is 0 Å². The molecule has 0 aromatic heterocycles. The molecule has 5 nitrogen and oxygen atoms in total. The van der Waals surface area contributed by atoms with Crippen molar-refractivity contribution in [3.8, 4) is 0 Å². The molecule has 20 heavy (non-hydrogen) atoms. The topological polar surface area (TPSA) is 78.4 Å². The van der Waals surface area contributed by atoms with Gasteiger partial charge in [0.2, 0.25) is 0 Å². The van der Waals surface area contributed by atoms with Crippen molar-refractivity contribution in [2.75, 3.05) is 6.54 Å². The first-order valence-corrected chi connectivity index (χ1v) is 7.44. The van der Waals surface area contributed by atoms with E-state index in [1.54, 1.807) is 0 Å². The molecule has 1 atom stereocenters. The predicted octanol–water partition coefficient (Wildman–Crippen LogP) is 3.00. The summed E-state index contributed by atoms with van der Waals surface area (Å²) in [6, 6.07) is 0.0506. The molecule has 0 rings (SSSR count). The fourth-order valence-electron chi connectivity index (χ4n) is 2.04. The third kappa shape index (κ3) is 8.77. The molecule has 0 aliphatic rings. The summed E-state index contributed by atoms with van der Waals surface area (Å²) in [6.07, 6.45) is 2.47. The van der Waals surface area contributed by atoms with Crippen molar-refractivity contribution < 1.29 is 14.7 Å². The average molecular weight is 286 g/mol. The first-order chi connectivity index (χ1) is 9.18. The SMILES string of the molecule is CCC(NC(=O)NCCC(C)(C)CCC(=O)O)C(C)C. The first-order valence-electron chi connectivity index (χ1n) is 7.44. The van der Waals surface area contributed by atoms with E-state index in [-0.39, 0.29) is 23.9 Å². The quantitative estimate of drug-likeness (QED) is 0.609. The molecule has 118 valence electrons. The highest BCUT2D eigenvalue weighted by molar-refractivity contribution is 5.74. The van der Waals surface area contributed by atoms with Crippen LogP contribution in [0, 0.1) is 11.3 Å². The number of amides is 2. The van der Waals surface area contributed by atoms with Gasteiger partial charge in [-0.15, -0.1) is 0 Å². The van der Waals surface area contributed by atoms with E-state index < -0.39 is 5.97 Å². The molecule has 5 heteroatoms. The number of hydrogen-bond acceptors (Lipinski definition) is 2. The molecule has 0 radical (unpaired) electrons. The van der Waals surface area contributed by atoms with Gasteiger partial charge in [0, 0.05) is 19.0 Å². The lowest BCUT2D eigenvalue weighted by atomic mass is 9.84. The molecule has 3 N–H and O–H groups in total. The second-order valence-electron chi connectivity index (χ2n) is 6.47. The molecule has 0 saturated heterocycles. The van der Waals surface area contributed by atoms with E-state index in [1.165, 1.54) is 0 Å².